The number of hydrogen-bond acceptors (Lipinski definition) is 11. The van der Waals surface area contributed by atoms with Crippen molar-refractivity contribution in [3.63, 3.8) is 0 Å². The van der Waals surface area contributed by atoms with Gasteiger partial charge in [0, 0.05) is 56.1 Å². The molecule has 17 nitrogen and oxygen atoms in total. The van der Waals surface area contributed by atoms with Crippen LogP contribution in [0, 0.1) is 16.6 Å². The lowest BCUT2D eigenvalue weighted by Gasteiger charge is -2.34. The monoisotopic (exact) mass is 889 g/mol. The summed E-state index contributed by atoms with van der Waals surface area (Å²) >= 11 is 0. The van der Waals surface area contributed by atoms with Crippen molar-refractivity contribution in [1.29, 1.82) is 0 Å². The Morgan fingerprint density at radius 3 is 1.33 bits per heavy atom. The van der Waals surface area contributed by atoms with Crippen molar-refractivity contribution in [2.45, 2.75) is 104 Å². The lowest BCUT2D eigenvalue weighted by atomic mass is 9.85. The molecule has 0 bridgehead atoms. The fourth-order valence-electron chi connectivity index (χ4n) is 7.76. The molecule has 3 aromatic rings. The van der Waals surface area contributed by atoms with Gasteiger partial charge in [-0.15, -0.1) is 0 Å². The van der Waals surface area contributed by atoms with E-state index in [0.717, 1.165) is 16.8 Å². The number of rotatable bonds is 13. The molecule has 0 unspecified atom stereocenters. The van der Waals surface area contributed by atoms with Crippen molar-refractivity contribution in [1.82, 2.24) is 20.4 Å². The number of hydrogen-bond donors (Lipinski definition) is 6. The second kappa shape index (κ2) is 20.5. The van der Waals surface area contributed by atoms with Gasteiger partial charge >= 0.3 is 12.2 Å². The molecule has 0 radical (unpaired) electrons. The molecule has 0 saturated carbocycles. The van der Waals surface area contributed by atoms with Gasteiger partial charge in [0.15, 0.2) is 0 Å². The molecule has 2 saturated heterocycles. The Morgan fingerprint density at radius 2 is 1.00 bits per heavy atom. The number of nitrogens with zero attached hydrogens (tertiary/aromatic N) is 3. The maximum absolute atomic E-state index is 14.0. The Labute approximate surface area is 372 Å². The normalized spacial score (nSPS) is 19.5. The van der Waals surface area contributed by atoms with E-state index in [-0.39, 0.29) is 25.9 Å². The lowest BCUT2D eigenvalue weighted by molar-refractivity contribution is -0.140. The Hall–Kier alpha value is -6.27. The van der Waals surface area contributed by atoms with Crippen LogP contribution in [-0.4, -0.2) is 120 Å². The highest BCUT2D eigenvalue weighted by Gasteiger charge is 2.46. The van der Waals surface area contributed by atoms with Crippen molar-refractivity contribution in [2.24, 2.45) is 10.8 Å². The van der Waals surface area contributed by atoms with E-state index in [1.165, 1.54) is 36.2 Å². The molecular formula is C46H60FN7O10. The number of amides is 6. The van der Waals surface area contributed by atoms with Gasteiger partial charge in [0.2, 0.25) is 23.6 Å². The number of likely N-dealkylation sites (tertiary alicyclic amines) is 2. The van der Waals surface area contributed by atoms with Gasteiger partial charge in [-0.25, -0.2) is 14.0 Å². The number of aliphatic hydroxyl groups is 2. The molecule has 2 fully saturated rings. The number of nitrogens with one attached hydrogen (secondary N) is 4. The summed E-state index contributed by atoms with van der Waals surface area (Å²) in [5.41, 5.74) is 1.91. The highest BCUT2D eigenvalue weighted by molar-refractivity contribution is 6.00. The zero-order valence-corrected chi connectivity index (χ0v) is 37.5. The molecule has 346 valence electrons. The van der Waals surface area contributed by atoms with E-state index in [2.05, 4.69) is 21.3 Å². The van der Waals surface area contributed by atoms with Gasteiger partial charge < -0.3 is 55.7 Å². The summed E-state index contributed by atoms with van der Waals surface area (Å²) in [7, 11) is 2.38. The van der Waals surface area contributed by atoms with Crippen molar-refractivity contribution in [3.05, 3.63) is 89.7 Å². The van der Waals surface area contributed by atoms with Gasteiger partial charge in [0.1, 0.15) is 30.0 Å². The van der Waals surface area contributed by atoms with Crippen LogP contribution in [0.3, 0.4) is 0 Å². The number of methoxy groups -OCH3 is 2. The first-order chi connectivity index (χ1) is 30.1. The van der Waals surface area contributed by atoms with Gasteiger partial charge in [-0.05, 0) is 70.5 Å². The Morgan fingerprint density at radius 1 is 0.641 bits per heavy atom. The number of alkyl carbamates (subject to hydrolysis) is 2. The molecule has 6 atom stereocenters. The van der Waals surface area contributed by atoms with Crippen molar-refractivity contribution in [3.8, 4) is 0 Å². The molecule has 0 spiro atoms. The predicted octanol–water partition coefficient (Wildman–Crippen LogP) is 4.37. The molecule has 6 amide bonds. The first-order valence-corrected chi connectivity index (χ1v) is 21.0. The maximum Gasteiger partial charge on any atom is 0.407 e. The van der Waals surface area contributed by atoms with Crippen LogP contribution in [0.25, 0.3) is 0 Å². The zero-order valence-electron chi connectivity index (χ0n) is 37.5. The fraction of sp³-hybridized carbons (Fsp3) is 0.478. The third-order valence-electron chi connectivity index (χ3n) is 11.2. The number of carbonyl (C=O) groups is 6. The Bertz CT molecular complexity index is 2010. The van der Waals surface area contributed by atoms with Crippen LogP contribution in [0.15, 0.2) is 72.8 Å². The topological polar surface area (TPSA) is 219 Å². The van der Waals surface area contributed by atoms with E-state index >= 15 is 0 Å². The molecule has 0 aliphatic carbocycles. The van der Waals surface area contributed by atoms with E-state index in [1.54, 1.807) is 77.9 Å². The lowest BCUT2D eigenvalue weighted by Crippen LogP contribution is -2.57. The highest BCUT2D eigenvalue weighted by atomic mass is 19.1. The summed E-state index contributed by atoms with van der Waals surface area (Å²) in [5, 5.41) is 31.8. The van der Waals surface area contributed by atoms with E-state index in [9.17, 15) is 43.4 Å². The van der Waals surface area contributed by atoms with Crippen LogP contribution < -0.4 is 26.2 Å². The number of β-amino-alcohol motifs (C(OH)–C–C–N with tert-alkyl or cyclic N) is 2. The number of carbonyl (C=O) groups excluding carboxylic acids is 6. The summed E-state index contributed by atoms with van der Waals surface area (Å²) in [6.07, 6.45) is -3.42. The van der Waals surface area contributed by atoms with Crippen LogP contribution in [-0.2, 0) is 41.7 Å². The van der Waals surface area contributed by atoms with E-state index < -0.39 is 88.8 Å². The molecule has 2 aliphatic heterocycles. The molecule has 6 N–H and O–H groups in total. The molecule has 5 rings (SSSR count). The van der Waals surface area contributed by atoms with Crippen LogP contribution in [0.2, 0.25) is 0 Å². The van der Waals surface area contributed by atoms with Gasteiger partial charge in [0.05, 0.1) is 26.4 Å². The predicted molar refractivity (Wildman–Crippen MR) is 236 cm³/mol. The molecular weight excluding hydrogens is 830 g/mol. The maximum atomic E-state index is 14.0. The molecule has 18 heteroatoms. The average molecular weight is 890 g/mol. The highest BCUT2D eigenvalue weighted by Crippen LogP contribution is 2.30. The summed E-state index contributed by atoms with van der Waals surface area (Å²) < 4.78 is 23.4. The second-order valence-corrected chi connectivity index (χ2v) is 18.4. The number of ether oxygens (including phenoxy) is 2. The minimum atomic E-state index is -1.02. The summed E-state index contributed by atoms with van der Waals surface area (Å²) in [6, 6.07) is 16.3. The Kier molecular flexibility index (Phi) is 15.6. The number of aliphatic hydroxyl groups excluding tert-OH is 2. The van der Waals surface area contributed by atoms with Crippen LogP contribution in [0.4, 0.5) is 31.0 Å². The van der Waals surface area contributed by atoms with Gasteiger partial charge in [-0.1, -0.05) is 65.8 Å². The fourth-order valence-corrected chi connectivity index (χ4v) is 7.76. The quantitative estimate of drug-likeness (QED) is 0.142. The van der Waals surface area contributed by atoms with Crippen molar-refractivity contribution >= 4 is 52.9 Å². The van der Waals surface area contributed by atoms with Crippen molar-refractivity contribution < 1.29 is 52.8 Å². The van der Waals surface area contributed by atoms with E-state index in [0.29, 0.717) is 24.5 Å². The zero-order chi connectivity index (χ0) is 47.1. The molecule has 2 aliphatic rings. The molecule has 64 heavy (non-hydrogen) atoms. The molecule has 2 heterocycles. The van der Waals surface area contributed by atoms with E-state index in [4.69, 9.17) is 9.47 Å². The average Bonchev–Trinajstić information content (AvgIpc) is 3.84. The molecule has 3 aromatic carbocycles. The summed E-state index contributed by atoms with van der Waals surface area (Å²) in [6.45, 7) is 11.2. The summed E-state index contributed by atoms with van der Waals surface area (Å²) in [4.78, 5) is 83.3. The van der Waals surface area contributed by atoms with E-state index in [1.807, 2.05) is 29.2 Å². The number of benzene rings is 3. The minimum Gasteiger partial charge on any atom is -0.453 e. The third-order valence-corrected chi connectivity index (χ3v) is 11.2. The van der Waals surface area contributed by atoms with Gasteiger partial charge in [-0.2, -0.15) is 0 Å². The Balaban J connectivity index is 1.25. The van der Waals surface area contributed by atoms with Crippen LogP contribution in [0.5, 0.6) is 0 Å². The van der Waals surface area contributed by atoms with Crippen LogP contribution in [0.1, 0.15) is 65.5 Å². The standard InChI is InChI=1S/C46H60FN7O10/c1-45(2,3)37(50-43(61)63-7)41(59)53-25-33(55)21-35(53)39(57)48-30-15-9-27(10-16-30)23-52(32-19-13-29(47)14-20-32)24-28-11-17-31(18-12-28)49-40(58)36-22-34(56)26-54(36)42(60)38(46(4,5)6)51-44(62)64-8/h9-20,33-38,55-56H,21-26H2,1-8H3,(H,48,57)(H,49,58)(H,50,61)(H,51,62)/t33-,34-,35-,36-,37+,38+/m0/s1. The van der Waals surface area contributed by atoms with Gasteiger partial charge in [0.25, 0.3) is 0 Å². The number of anilines is 3. The summed E-state index contributed by atoms with van der Waals surface area (Å²) in [5.74, 6) is -2.42. The largest absolute Gasteiger partial charge is 0.453 e. The van der Waals surface area contributed by atoms with Crippen LogP contribution >= 0.6 is 0 Å². The number of halogens is 1. The third kappa shape index (κ3) is 12.5. The van der Waals surface area contributed by atoms with Crippen molar-refractivity contribution in [2.75, 3.05) is 42.8 Å². The molecule has 0 aromatic heterocycles. The SMILES string of the molecule is COC(=O)N[C@H](C(=O)N1C[C@@H](O)C[C@H]1C(=O)Nc1ccc(CN(Cc2ccc(NC(=O)[C@@H]3C[C@H](O)CN3C(=O)[C@@H](NC(=O)OC)C(C)(C)C)cc2)c2ccc(F)cc2)cc1)C(C)(C)C. The first kappa shape index (κ1) is 48.8. The smallest absolute Gasteiger partial charge is 0.407 e. The second-order valence-electron chi connectivity index (χ2n) is 18.4. The van der Waals surface area contributed by atoms with Gasteiger partial charge in [-0.3, -0.25) is 19.2 Å². The minimum absolute atomic E-state index is 0.0186. The first-order valence-electron chi connectivity index (χ1n) is 21.0.